The SMILES string of the molecule is CC(NC(=O)c1cccc([N+](=O)[O-])c1)C(=O)NC1(C(=O)O)CCCC1. The third-order valence-corrected chi connectivity index (χ3v) is 4.29. The van der Waals surface area contributed by atoms with Crippen molar-refractivity contribution >= 4 is 23.5 Å². The quantitative estimate of drug-likeness (QED) is 0.521. The van der Waals surface area contributed by atoms with Gasteiger partial charge in [-0.15, -0.1) is 0 Å². The van der Waals surface area contributed by atoms with Gasteiger partial charge in [-0.25, -0.2) is 4.79 Å². The van der Waals surface area contributed by atoms with Crippen LogP contribution in [0, 0.1) is 10.1 Å². The van der Waals surface area contributed by atoms with Crippen LogP contribution < -0.4 is 10.6 Å². The van der Waals surface area contributed by atoms with Crippen molar-refractivity contribution in [2.75, 3.05) is 0 Å². The summed E-state index contributed by atoms with van der Waals surface area (Å²) in [7, 11) is 0. The average molecular weight is 349 g/mol. The van der Waals surface area contributed by atoms with Crippen LogP contribution in [0.4, 0.5) is 5.69 Å². The highest BCUT2D eigenvalue weighted by atomic mass is 16.6. The Balaban J connectivity index is 2.03. The smallest absolute Gasteiger partial charge is 0.329 e. The van der Waals surface area contributed by atoms with Gasteiger partial charge in [-0.05, 0) is 25.8 Å². The lowest BCUT2D eigenvalue weighted by Gasteiger charge is -2.27. The number of amides is 2. The normalized spacial score (nSPS) is 16.7. The maximum atomic E-state index is 12.3. The molecule has 0 radical (unpaired) electrons. The largest absolute Gasteiger partial charge is 0.480 e. The lowest BCUT2D eigenvalue weighted by molar-refractivity contribution is -0.384. The van der Waals surface area contributed by atoms with E-state index in [1.807, 2.05) is 0 Å². The monoisotopic (exact) mass is 349 g/mol. The molecule has 2 amide bonds. The van der Waals surface area contributed by atoms with Gasteiger partial charge in [0.1, 0.15) is 11.6 Å². The summed E-state index contributed by atoms with van der Waals surface area (Å²) < 4.78 is 0. The molecule has 25 heavy (non-hydrogen) atoms. The Hall–Kier alpha value is -2.97. The number of carbonyl (C=O) groups is 3. The summed E-state index contributed by atoms with van der Waals surface area (Å²) in [6.45, 7) is 1.43. The number of benzene rings is 1. The van der Waals surface area contributed by atoms with Gasteiger partial charge in [0.15, 0.2) is 0 Å². The van der Waals surface area contributed by atoms with Gasteiger partial charge in [-0.1, -0.05) is 18.9 Å². The fraction of sp³-hybridized carbons (Fsp3) is 0.438. The van der Waals surface area contributed by atoms with Crippen molar-refractivity contribution in [1.29, 1.82) is 0 Å². The van der Waals surface area contributed by atoms with Gasteiger partial charge in [0.2, 0.25) is 5.91 Å². The predicted molar refractivity (Wildman–Crippen MR) is 87.0 cm³/mol. The summed E-state index contributed by atoms with van der Waals surface area (Å²) in [5.41, 5.74) is -1.48. The van der Waals surface area contributed by atoms with Crippen LogP contribution in [0.1, 0.15) is 43.0 Å². The highest BCUT2D eigenvalue weighted by Crippen LogP contribution is 2.30. The fourth-order valence-electron chi connectivity index (χ4n) is 2.82. The molecule has 1 fully saturated rings. The second-order valence-electron chi connectivity index (χ2n) is 6.09. The molecule has 2 rings (SSSR count). The van der Waals surface area contributed by atoms with Crippen LogP contribution in [0.15, 0.2) is 24.3 Å². The van der Waals surface area contributed by atoms with Crippen molar-refractivity contribution in [2.45, 2.75) is 44.2 Å². The number of nitro groups is 1. The molecular formula is C16H19N3O6. The lowest BCUT2D eigenvalue weighted by Crippen LogP contribution is -2.57. The van der Waals surface area contributed by atoms with E-state index in [1.165, 1.54) is 25.1 Å². The maximum Gasteiger partial charge on any atom is 0.329 e. The second-order valence-corrected chi connectivity index (χ2v) is 6.09. The highest BCUT2D eigenvalue weighted by Gasteiger charge is 2.43. The minimum absolute atomic E-state index is 0.0441. The van der Waals surface area contributed by atoms with Crippen molar-refractivity contribution < 1.29 is 24.4 Å². The Bertz CT molecular complexity index is 712. The summed E-state index contributed by atoms with van der Waals surface area (Å²) in [6.07, 6.45) is 2.11. The van der Waals surface area contributed by atoms with E-state index < -0.39 is 34.3 Å². The molecule has 0 bridgehead atoms. The molecular weight excluding hydrogens is 330 g/mol. The molecule has 3 N–H and O–H groups in total. The van der Waals surface area contributed by atoms with Gasteiger partial charge >= 0.3 is 5.97 Å². The van der Waals surface area contributed by atoms with E-state index in [4.69, 9.17) is 0 Å². The Kier molecular flexibility index (Phi) is 5.35. The van der Waals surface area contributed by atoms with E-state index >= 15 is 0 Å². The minimum atomic E-state index is -1.29. The van der Waals surface area contributed by atoms with Gasteiger partial charge in [-0.3, -0.25) is 19.7 Å². The standard InChI is InChI=1S/C16H19N3O6/c1-10(13(20)18-16(15(22)23)7-2-3-8-16)17-14(21)11-5-4-6-12(9-11)19(24)25/h4-6,9-10H,2-3,7-8H2,1H3,(H,17,21)(H,18,20)(H,22,23). The van der Waals surface area contributed by atoms with Crippen LogP contribution in [-0.4, -0.2) is 39.4 Å². The van der Waals surface area contributed by atoms with Crippen molar-refractivity contribution in [3.05, 3.63) is 39.9 Å². The molecule has 1 atom stereocenters. The number of non-ortho nitro benzene ring substituents is 1. The fourth-order valence-corrected chi connectivity index (χ4v) is 2.82. The molecule has 1 saturated carbocycles. The van der Waals surface area contributed by atoms with E-state index in [1.54, 1.807) is 0 Å². The van der Waals surface area contributed by atoms with Crippen molar-refractivity contribution in [3.8, 4) is 0 Å². The molecule has 1 aliphatic carbocycles. The average Bonchev–Trinajstić information content (AvgIpc) is 3.04. The van der Waals surface area contributed by atoms with E-state index in [2.05, 4.69) is 10.6 Å². The van der Waals surface area contributed by atoms with E-state index in [0.717, 1.165) is 6.07 Å². The number of nitrogens with one attached hydrogen (secondary N) is 2. The van der Waals surface area contributed by atoms with Gasteiger partial charge in [0, 0.05) is 17.7 Å². The number of hydrogen-bond donors (Lipinski definition) is 3. The molecule has 1 aliphatic rings. The molecule has 9 heteroatoms. The Labute approximate surface area is 143 Å². The lowest BCUT2D eigenvalue weighted by atomic mass is 9.97. The van der Waals surface area contributed by atoms with Crippen LogP contribution >= 0.6 is 0 Å². The minimum Gasteiger partial charge on any atom is -0.480 e. The summed E-state index contributed by atoms with van der Waals surface area (Å²) >= 11 is 0. The molecule has 1 unspecified atom stereocenters. The van der Waals surface area contributed by atoms with Gasteiger partial charge in [0.25, 0.3) is 11.6 Å². The van der Waals surface area contributed by atoms with Crippen LogP contribution in [0.3, 0.4) is 0 Å². The number of carboxylic acids is 1. The second kappa shape index (κ2) is 7.29. The Morgan fingerprint density at radius 2 is 1.92 bits per heavy atom. The number of rotatable bonds is 6. The molecule has 0 heterocycles. The van der Waals surface area contributed by atoms with Gasteiger partial charge < -0.3 is 15.7 Å². The predicted octanol–water partition coefficient (Wildman–Crippen LogP) is 1.23. The van der Waals surface area contributed by atoms with E-state index in [-0.39, 0.29) is 11.3 Å². The summed E-state index contributed by atoms with van der Waals surface area (Å²) in [5.74, 6) is -2.35. The molecule has 0 aromatic heterocycles. The third kappa shape index (κ3) is 4.11. The number of hydrogen-bond acceptors (Lipinski definition) is 5. The zero-order valence-corrected chi connectivity index (χ0v) is 13.7. The zero-order chi connectivity index (χ0) is 18.6. The highest BCUT2D eigenvalue weighted by molar-refractivity contribution is 5.98. The molecule has 0 aliphatic heterocycles. The van der Waals surface area contributed by atoms with Crippen molar-refractivity contribution in [2.24, 2.45) is 0 Å². The number of carboxylic acid groups (broad SMARTS) is 1. The summed E-state index contributed by atoms with van der Waals surface area (Å²) in [6, 6.07) is 4.14. The molecule has 9 nitrogen and oxygen atoms in total. The number of nitro benzene ring substituents is 1. The van der Waals surface area contributed by atoms with E-state index in [0.29, 0.717) is 25.7 Å². The van der Waals surface area contributed by atoms with Crippen LogP contribution in [0.25, 0.3) is 0 Å². The zero-order valence-electron chi connectivity index (χ0n) is 13.7. The first-order chi connectivity index (χ1) is 11.7. The number of aliphatic carboxylic acids is 1. The van der Waals surface area contributed by atoms with E-state index in [9.17, 15) is 29.6 Å². The summed E-state index contributed by atoms with van der Waals surface area (Å²) in [5, 5.41) is 25.1. The van der Waals surface area contributed by atoms with Crippen LogP contribution in [0.2, 0.25) is 0 Å². The Morgan fingerprint density at radius 3 is 2.48 bits per heavy atom. The first-order valence-corrected chi connectivity index (χ1v) is 7.86. The number of nitrogens with zero attached hydrogens (tertiary/aromatic N) is 1. The topological polar surface area (TPSA) is 139 Å². The molecule has 0 saturated heterocycles. The molecule has 1 aromatic carbocycles. The maximum absolute atomic E-state index is 12.3. The molecule has 134 valence electrons. The van der Waals surface area contributed by atoms with Crippen LogP contribution in [0.5, 0.6) is 0 Å². The van der Waals surface area contributed by atoms with Crippen molar-refractivity contribution in [3.63, 3.8) is 0 Å². The van der Waals surface area contributed by atoms with Gasteiger partial charge in [0.05, 0.1) is 4.92 Å². The van der Waals surface area contributed by atoms with Gasteiger partial charge in [-0.2, -0.15) is 0 Å². The number of carbonyl (C=O) groups excluding carboxylic acids is 2. The Morgan fingerprint density at radius 1 is 1.28 bits per heavy atom. The first kappa shape index (κ1) is 18.4. The summed E-state index contributed by atoms with van der Waals surface area (Å²) in [4.78, 5) is 46.0. The molecule has 1 aromatic rings. The third-order valence-electron chi connectivity index (χ3n) is 4.29. The first-order valence-electron chi connectivity index (χ1n) is 7.86. The van der Waals surface area contributed by atoms with Crippen molar-refractivity contribution in [1.82, 2.24) is 10.6 Å². The molecule has 0 spiro atoms. The van der Waals surface area contributed by atoms with Crippen LogP contribution in [-0.2, 0) is 9.59 Å².